The lowest BCUT2D eigenvalue weighted by molar-refractivity contribution is -0.136. The first-order valence-electron chi connectivity index (χ1n) is 10.3. The van der Waals surface area contributed by atoms with Crippen LogP contribution in [0.15, 0.2) is 18.2 Å². The minimum Gasteiger partial charge on any atom is -0.322 e. The molecular formula is C21H26N4O3. The van der Waals surface area contributed by atoms with Crippen LogP contribution in [0.2, 0.25) is 0 Å². The molecule has 2 saturated heterocycles. The molecule has 0 radical (unpaired) electrons. The van der Waals surface area contributed by atoms with Gasteiger partial charge < -0.3 is 10.2 Å². The molecule has 3 heterocycles. The fourth-order valence-corrected chi connectivity index (χ4v) is 5.04. The molecule has 1 aliphatic carbocycles. The first-order chi connectivity index (χ1) is 13.6. The molecule has 4 aliphatic rings. The Morgan fingerprint density at radius 3 is 2.75 bits per heavy atom. The van der Waals surface area contributed by atoms with Crippen molar-refractivity contribution in [2.75, 3.05) is 19.6 Å². The maximum Gasteiger partial charge on any atom is 0.255 e. The number of imide groups is 1. The van der Waals surface area contributed by atoms with Crippen LogP contribution in [0.25, 0.3) is 0 Å². The van der Waals surface area contributed by atoms with Gasteiger partial charge in [0, 0.05) is 43.7 Å². The van der Waals surface area contributed by atoms with Gasteiger partial charge in [-0.25, -0.2) is 0 Å². The summed E-state index contributed by atoms with van der Waals surface area (Å²) >= 11 is 0. The van der Waals surface area contributed by atoms with Gasteiger partial charge in [0.2, 0.25) is 11.8 Å². The predicted molar refractivity (Wildman–Crippen MR) is 102 cm³/mol. The molecule has 1 aromatic carbocycles. The molecule has 0 aromatic heterocycles. The van der Waals surface area contributed by atoms with Crippen molar-refractivity contribution in [2.24, 2.45) is 0 Å². The van der Waals surface area contributed by atoms with E-state index < -0.39 is 6.04 Å². The van der Waals surface area contributed by atoms with Crippen molar-refractivity contribution in [3.05, 3.63) is 34.9 Å². The van der Waals surface area contributed by atoms with Crippen LogP contribution in [0.5, 0.6) is 0 Å². The third kappa shape index (κ3) is 2.93. The number of fused-ring (bicyclic) bond motifs is 1. The van der Waals surface area contributed by atoms with Crippen molar-refractivity contribution < 1.29 is 14.4 Å². The van der Waals surface area contributed by atoms with E-state index in [2.05, 4.69) is 21.6 Å². The van der Waals surface area contributed by atoms with Crippen molar-refractivity contribution >= 4 is 17.7 Å². The highest BCUT2D eigenvalue weighted by Gasteiger charge is 2.48. The molecule has 7 nitrogen and oxygen atoms in total. The topological polar surface area (TPSA) is 81.8 Å². The van der Waals surface area contributed by atoms with Gasteiger partial charge in [-0.3, -0.25) is 24.6 Å². The van der Waals surface area contributed by atoms with Crippen LogP contribution in [-0.2, 0) is 22.7 Å². The summed E-state index contributed by atoms with van der Waals surface area (Å²) in [6, 6.07) is 5.51. The molecule has 28 heavy (non-hydrogen) atoms. The number of nitrogens with one attached hydrogen (secondary N) is 2. The second-order valence-corrected chi connectivity index (χ2v) is 8.50. The fraction of sp³-hybridized carbons (Fsp3) is 0.571. The highest BCUT2D eigenvalue weighted by atomic mass is 16.2. The third-order valence-corrected chi connectivity index (χ3v) is 6.82. The molecule has 148 valence electrons. The minimum absolute atomic E-state index is 0.0714. The molecule has 1 unspecified atom stereocenters. The minimum atomic E-state index is -0.553. The highest BCUT2D eigenvalue weighted by molar-refractivity contribution is 6.06. The molecular weight excluding hydrogens is 356 g/mol. The monoisotopic (exact) mass is 382 g/mol. The molecule has 1 aromatic rings. The number of hydrogen-bond donors (Lipinski definition) is 2. The molecule has 1 spiro atoms. The Morgan fingerprint density at radius 2 is 1.96 bits per heavy atom. The zero-order valence-corrected chi connectivity index (χ0v) is 16.0. The van der Waals surface area contributed by atoms with E-state index >= 15 is 0 Å². The highest BCUT2D eigenvalue weighted by Crippen LogP contribution is 2.46. The standard InChI is InChI=1S/C21H26N4O3/c26-17-5-4-16(19(27)23-17)25-13-15-3-1-2-14(18(15)20(25)28)12-24-11-10-22-9-8-21(24)6-7-21/h1-3,16,22H,4-13H2,(H,23,26,27). The average Bonchev–Trinajstić information content (AvgIpc) is 3.42. The quantitative estimate of drug-likeness (QED) is 0.755. The van der Waals surface area contributed by atoms with Crippen molar-refractivity contribution in [3.8, 4) is 0 Å². The van der Waals surface area contributed by atoms with E-state index in [-0.39, 0.29) is 24.1 Å². The summed E-state index contributed by atoms with van der Waals surface area (Å²) in [6.07, 6.45) is 4.33. The van der Waals surface area contributed by atoms with Crippen LogP contribution in [-0.4, -0.2) is 58.7 Å². The Bertz CT molecular complexity index is 848. The number of carbonyl (C=O) groups is 3. The lowest BCUT2D eigenvalue weighted by Crippen LogP contribution is -2.52. The van der Waals surface area contributed by atoms with Crippen LogP contribution in [0, 0.1) is 0 Å². The Morgan fingerprint density at radius 1 is 1.11 bits per heavy atom. The maximum absolute atomic E-state index is 13.3. The van der Waals surface area contributed by atoms with Gasteiger partial charge in [-0.05, 0) is 43.4 Å². The van der Waals surface area contributed by atoms with E-state index in [0.717, 1.165) is 42.9 Å². The van der Waals surface area contributed by atoms with E-state index in [9.17, 15) is 14.4 Å². The summed E-state index contributed by atoms with van der Waals surface area (Å²) in [6.45, 7) is 4.26. The van der Waals surface area contributed by atoms with Gasteiger partial charge in [-0.1, -0.05) is 18.2 Å². The van der Waals surface area contributed by atoms with Crippen LogP contribution in [0.4, 0.5) is 0 Å². The van der Waals surface area contributed by atoms with Crippen LogP contribution in [0.3, 0.4) is 0 Å². The SMILES string of the molecule is O=C1CCC(N2Cc3cccc(CN4CCNCCC45CC5)c3C2=O)C(=O)N1. The van der Waals surface area contributed by atoms with E-state index in [1.165, 1.54) is 19.3 Å². The molecule has 0 bridgehead atoms. The van der Waals surface area contributed by atoms with Gasteiger partial charge in [-0.15, -0.1) is 0 Å². The number of piperidine rings is 1. The molecule has 3 amide bonds. The Kier molecular flexibility index (Phi) is 4.25. The van der Waals surface area contributed by atoms with E-state index in [4.69, 9.17) is 0 Å². The second kappa shape index (κ2) is 6.67. The van der Waals surface area contributed by atoms with Crippen molar-refractivity contribution in [1.29, 1.82) is 0 Å². The third-order valence-electron chi connectivity index (χ3n) is 6.82. The molecule has 3 fully saturated rings. The largest absolute Gasteiger partial charge is 0.322 e. The molecule has 5 rings (SSSR count). The lowest BCUT2D eigenvalue weighted by atomic mass is 10.0. The first kappa shape index (κ1) is 17.8. The van der Waals surface area contributed by atoms with Crippen LogP contribution in [0.1, 0.15) is 53.6 Å². The summed E-state index contributed by atoms with van der Waals surface area (Å²) < 4.78 is 0. The molecule has 3 aliphatic heterocycles. The smallest absolute Gasteiger partial charge is 0.255 e. The number of hydrogen-bond acceptors (Lipinski definition) is 5. The number of rotatable bonds is 3. The Balaban J connectivity index is 1.40. The fourth-order valence-electron chi connectivity index (χ4n) is 5.04. The molecule has 2 N–H and O–H groups in total. The van der Waals surface area contributed by atoms with Crippen LogP contribution >= 0.6 is 0 Å². The number of carbonyl (C=O) groups excluding carboxylic acids is 3. The van der Waals surface area contributed by atoms with Gasteiger partial charge in [0.25, 0.3) is 5.91 Å². The zero-order valence-electron chi connectivity index (χ0n) is 16.0. The number of nitrogens with zero attached hydrogens (tertiary/aromatic N) is 2. The van der Waals surface area contributed by atoms with Crippen molar-refractivity contribution in [2.45, 2.75) is 56.8 Å². The Labute approximate surface area is 164 Å². The van der Waals surface area contributed by atoms with Crippen molar-refractivity contribution in [1.82, 2.24) is 20.4 Å². The van der Waals surface area contributed by atoms with E-state index in [1.54, 1.807) is 4.90 Å². The summed E-state index contributed by atoms with van der Waals surface area (Å²) in [5.74, 6) is -0.678. The van der Waals surface area contributed by atoms with Gasteiger partial charge in [-0.2, -0.15) is 0 Å². The van der Waals surface area contributed by atoms with Crippen molar-refractivity contribution in [3.63, 3.8) is 0 Å². The lowest BCUT2D eigenvalue weighted by Gasteiger charge is -2.31. The van der Waals surface area contributed by atoms with Gasteiger partial charge in [0.05, 0.1) is 0 Å². The summed E-state index contributed by atoms with van der Waals surface area (Å²) in [5, 5.41) is 5.86. The molecule has 1 atom stereocenters. The summed E-state index contributed by atoms with van der Waals surface area (Å²) in [5.41, 5.74) is 3.12. The van der Waals surface area contributed by atoms with E-state index in [1.807, 2.05) is 12.1 Å². The predicted octanol–water partition coefficient (Wildman–Crippen LogP) is 0.776. The number of amides is 3. The number of benzene rings is 1. The molecule has 7 heteroatoms. The van der Waals surface area contributed by atoms with Crippen LogP contribution < -0.4 is 10.6 Å². The summed E-state index contributed by atoms with van der Waals surface area (Å²) in [7, 11) is 0. The van der Waals surface area contributed by atoms with Gasteiger partial charge >= 0.3 is 0 Å². The Hall–Kier alpha value is -2.25. The van der Waals surface area contributed by atoms with Gasteiger partial charge in [0.1, 0.15) is 6.04 Å². The second-order valence-electron chi connectivity index (χ2n) is 8.50. The normalized spacial score (nSPS) is 26.9. The zero-order chi connectivity index (χ0) is 19.3. The summed E-state index contributed by atoms with van der Waals surface area (Å²) in [4.78, 5) is 41.2. The first-order valence-corrected chi connectivity index (χ1v) is 10.3. The average molecular weight is 382 g/mol. The molecule has 1 saturated carbocycles. The van der Waals surface area contributed by atoms with Gasteiger partial charge in [0.15, 0.2) is 0 Å². The van der Waals surface area contributed by atoms with E-state index in [0.29, 0.717) is 18.5 Å². The maximum atomic E-state index is 13.3.